The van der Waals surface area contributed by atoms with E-state index in [1.165, 1.54) is 0 Å². The molecule has 7 heteroatoms. The molecule has 0 radical (unpaired) electrons. The van der Waals surface area contributed by atoms with E-state index in [-0.39, 0.29) is 7.69 Å². The van der Waals surface area contributed by atoms with Gasteiger partial charge in [0.15, 0.2) is 0 Å². The van der Waals surface area contributed by atoms with Gasteiger partial charge >= 0.3 is 7.69 Å². The molecule has 0 bridgehead atoms. The Morgan fingerprint density at radius 3 is 1.58 bits per heavy atom. The second-order valence-electron chi connectivity index (χ2n) is 3.48. The Morgan fingerprint density at radius 1 is 0.789 bits per heavy atom. The van der Waals surface area contributed by atoms with E-state index < -0.39 is 0 Å². The summed E-state index contributed by atoms with van der Waals surface area (Å²) >= 11 is 0. The zero-order valence-corrected chi connectivity index (χ0v) is 10.7. The molecule has 6 nitrogen and oxygen atoms in total. The first-order valence-corrected chi connectivity index (χ1v) is 5.57. The van der Waals surface area contributed by atoms with Crippen LogP contribution in [0, 0.1) is 0 Å². The van der Waals surface area contributed by atoms with Crippen molar-refractivity contribution in [3.8, 4) is 23.3 Å². The van der Waals surface area contributed by atoms with Gasteiger partial charge in [0.2, 0.25) is 11.8 Å². The van der Waals surface area contributed by atoms with Gasteiger partial charge in [-0.25, -0.2) is 9.97 Å². The maximum Gasteiger partial charge on any atom is 0.576 e. The van der Waals surface area contributed by atoms with Crippen molar-refractivity contribution in [1.29, 1.82) is 0 Å². The third-order valence-corrected chi connectivity index (χ3v) is 2.29. The molecule has 0 atom stereocenters. The molecule has 2 rings (SSSR count). The zero-order valence-electron chi connectivity index (χ0n) is 10.7. The van der Waals surface area contributed by atoms with E-state index in [1.54, 1.807) is 50.9 Å². The molecule has 0 aliphatic rings. The molecule has 2 aromatic heterocycles. The molecule has 0 aliphatic carbocycles. The van der Waals surface area contributed by atoms with E-state index in [2.05, 4.69) is 9.97 Å². The number of rotatable bonds is 6. The topological polar surface area (TPSA) is 62.7 Å². The van der Waals surface area contributed by atoms with E-state index >= 15 is 0 Å². The molecule has 0 saturated carbocycles. The van der Waals surface area contributed by atoms with Crippen molar-refractivity contribution < 1.29 is 18.8 Å². The molecular weight excluding hydrogens is 247 g/mol. The van der Waals surface area contributed by atoms with Gasteiger partial charge < -0.3 is 18.8 Å². The highest BCUT2D eigenvalue weighted by molar-refractivity contribution is 6.20. The maximum absolute atomic E-state index is 5.37. The summed E-state index contributed by atoms with van der Waals surface area (Å²) in [5, 5.41) is 0. The molecule has 0 amide bonds. The van der Waals surface area contributed by atoms with E-state index in [4.69, 9.17) is 18.8 Å². The Hall–Kier alpha value is -2.44. The van der Waals surface area contributed by atoms with Crippen molar-refractivity contribution in [2.45, 2.75) is 0 Å². The lowest BCUT2D eigenvalue weighted by molar-refractivity contribution is 0.393. The van der Waals surface area contributed by atoms with E-state index in [0.29, 0.717) is 23.3 Å². The van der Waals surface area contributed by atoms with Crippen LogP contribution in [0.5, 0.6) is 23.3 Å². The number of pyridine rings is 2. The van der Waals surface area contributed by atoms with Crippen LogP contribution in [0.2, 0.25) is 0 Å². The van der Waals surface area contributed by atoms with Gasteiger partial charge in [0.1, 0.15) is 11.5 Å². The number of ether oxygens (including phenoxy) is 2. The highest BCUT2D eigenvalue weighted by Gasteiger charge is 2.01. The first-order chi connectivity index (χ1) is 9.31. The largest absolute Gasteiger partial charge is 0.576 e. The smallest absolute Gasteiger partial charge is 0.527 e. The summed E-state index contributed by atoms with van der Waals surface area (Å²) in [5.41, 5.74) is 0. The van der Waals surface area contributed by atoms with E-state index in [0.717, 1.165) is 0 Å². The van der Waals surface area contributed by atoms with Gasteiger partial charge in [-0.15, -0.1) is 0 Å². The van der Waals surface area contributed by atoms with Gasteiger partial charge in [0.05, 0.1) is 26.6 Å². The standard InChI is InChI=1S/C12H13BN2O4/c1-16-11-5-3-9(7-14-11)18-13-19-10-4-6-12(17-2)15-8-10/h3-8,13H,1-2H3. The third kappa shape index (κ3) is 3.77. The monoisotopic (exact) mass is 260 g/mol. The van der Waals surface area contributed by atoms with Crippen molar-refractivity contribution in [2.24, 2.45) is 0 Å². The first kappa shape index (κ1) is 13.0. The van der Waals surface area contributed by atoms with Crippen LogP contribution in [0.3, 0.4) is 0 Å². The van der Waals surface area contributed by atoms with Crippen molar-refractivity contribution >= 4 is 7.69 Å². The molecule has 19 heavy (non-hydrogen) atoms. The van der Waals surface area contributed by atoms with Crippen molar-refractivity contribution in [3.05, 3.63) is 36.7 Å². The van der Waals surface area contributed by atoms with Crippen molar-refractivity contribution in [3.63, 3.8) is 0 Å². The van der Waals surface area contributed by atoms with Crippen LogP contribution < -0.4 is 18.8 Å². The molecule has 2 heterocycles. The van der Waals surface area contributed by atoms with Crippen LogP contribution >= 0.6 is 0 Å². The Kier molecular flexibility index (Phi) is 4.44. The SMILES string of the molecule is COc1ccc(OBOc2ccc(OC)nc2)cn1. The minimum Gasteiger partial charge on any atom is -0.527 e. The Labute approximate surface area is 111 Å². The van der Waals surface area contributed by atoms with Crippen LogP contribution in [-0.2, 0) is 0 Å². The van der Waals surface area contributed by atoms with Crippen LogP contribution in [0.4, 0.5) is 0 Å². The van der Waals surface area contributed by atoms with Crippen LogP contribution in [-0.4, -0.2) is 31.9 Å². The van der Waals surface area contributed by atoms with Gasteiger partial charge in [-0.1, -0.05) is 0 Å². The highest BCUT2D eigenvalue weighted by Crippen LogP contribution is 2.15. The maximum atomic E-state index is 5.37. The number of methoxy groups -OCH3 is 2. The Morgan fingerprint density at radius 2 is 1.26 bits per heavy atom. The summed E-state index contributed by atoms with van der Waals surface area (Å²) in [6, 6.07) is 6.93. The summed E-state index contributed by atoms with van der Waals surface area (Å²) in [7, 11) is 3.19. The fourth-order valence-electron chi connectivity index (χ4n) is 1.31. The normalized spacial score (nSPS) is 9.58. The van der Waals surface area contributed by atoms with E-state index in [1.807, 2.05) is 0 Å². The van der Waals surface area contributed by atoms with Gasteiger partial charge in [0.25, 0.3) is 0 Å². The van der Waals surface area contributed by atoms with Gasteiger partial charge in [-0.2, -0.15) is 0 Å². The van der Waals surface area contributed by atoms with Crippen LogP contribution in [0.15, 0.2) is 36.7 Å². The second-order valence-corrected chi connectivity index (χ2v) is 3.48. The minimum atomic E-state index is 0.0714. The number of hydrogen-bond donors (Lipinski definition) is 0. The zero-order chi connectivity index (χ0) is 13.5. The summed E-state index contributed by atoms with van der Waals surface area (Å²) in [6.45, 7) is 0. The molecule has 0 aromatic carbocycles. The molecule has 0 fully saturated rings. The minimum absolute atomic E-state index is 0.0714. The van der Waals surface area contributed by atoms with Crippen molar-refractivity contribution in [1.82, 2.24) is 9.97 Å². The summed E-state index contributed by atoms with van der Waals surface area (Å²) in [5.74, 6) is 2.27. The predicted molar refractivity (Wildman–Crippen MR) is 70.0 cm³/mol. The van der Waals surface area contributed by atoms with Gasteiger partial charge in [0, 0.05) is 12.1 Å². The lowest BCUT2D eigenvalue weighted by atomic mass is 10.3. The molecule has 0 N–H and O–H groups in total. The second kappa shape index (κ2) is 6.48. The lowest BCUT2D eigenvalue weighted by Crippen LogP contribution is -2.11. The first-order valence-electron chi connectivity index (χ1n) is 5.57. The highest BCUT2D eigenvalue weighted by atomic mass is 16.6. The van der Waals surface area contributed by atoms with Crippen LogP contribution in [0.1, 0.15) is 0 Å². The summed E-state index contributed by atoms with van der Waals surface area (Å²) in [4.78, 5) is 8.03. The van der Waals surface area contributed by atoms with E-state index in [9.17, 15) is 0 Å². The molecule has 0 unspecified atom stereocenters. The molecular formula is C12H13BN2O4. The van der Waals surface area contributed by atoms with Crippen LogP contribution in [0.25, 0.3) is 0 Å². The predicted octanol–water partition coefficient (Wildman–Crippen LogP) is 1.22. The summed E-state index contributed by atoms with van der Waals surface area (Å²) < 4.78 is 20.6. The third-order valence-electron chi connectivity index (χ3n) is 2.29. The van der Waals surface area contributed by atoms with Gasteiger partial charge in [-0.05, 0) is 12.1 Å². The molecule has 0 saturated heterocycles. The fourth-order valence-corrected chi connectivity index (χ4v) is 1.31. The Balaban J connectivity index is 1.81. The quantitative estimate of drug-likeness (QED) is 0.727. The molecule has 0 aliphatic heterocycles. The van der Waals surface area contributed by atoms with Gasteiger partial charge in [-0.3, -0.25) is 0 Å². The molecule has 98 valence electrons. The number of aromatic nitrogens is 2. The molecule has 0 spiro atoms. The number of hydrogen-bond acceptors (Lipinski definition) is 6. The Bertz CT molecular complexity index is 457. The average molecular weight is 260 g/mol. The van der Waals surface area contributed by atoms with Crippen molar-refractivity contribution in [2.75, 3.05) is 14.2 Å². The number of nitrogens with zero attached hydrogens (tertiary/aromatic N) is 2. The molecule has 2 aromatic rings. The average Bonchev–Trinajstić information content (AvgIpc) is 2.49. The summed E-state index contributed by atoms with van der Waals surface area (Å²) in [6.07, 6.45) is 3.13. The fraction of sp³-hybridized carbons (Fsp3) is 0.167. The lowest BCUT2D eigenvalue weighted by Gasteiger charge is -2.07.